The molecule has 0 amide bonds. The SMILES string of the molecule is CCC(CO)(CO)CO.OCC(CO)(CO)CO.OCC(CO)(CO)COCC(CO)(CO)CO.OCC(CO)(CO)COCC(CO)(CO)COCC(CO)(CO)CO.OCC(O)C(O)C(O)C(O)CO.OCC(O)CO.OCC(O)COCC(O)CO.OCCN(CCO)CCO. The van der Waals surface area contributed by atoms with Crippen LogP contribution in [0, 0.1) is 37.9 Å². The van der Waals surface area contributed by atoms with E-state index < -0.39 is 213 Å². The first-order chi connectivity index (χ1) is 46.9. The van der Waals surface area contributed by atoms with Crippen molar-refractivity contribution in [2.75, 3.05) is 271 Å². The number of aliphatic hydroxyl groups is 37. The van der Waals surface area contributed by atoms with E-state index in [1.807, 2.05) is 6.92 Å². The van der Waals surface area contributed by atoms with Crippen molar-refractivity contribution in [1.29, 1.82) is 0 Å². The third-order valence-electron chi connectivity index (χ3n) is 14.5. The van der Waals surface area contributed by atoms with Gasteiger partial charge in [-0.3, -0.25) is 4.90 Å². The molecule has 0 saturated carbocycles. The molecule has 0 rings (SSSR count). The molecular weight excluding hydrogens is 1350 g/mol. The van der Waals surface area contributed by atoms with Gasteiger partial charge in [-0.1, -0.05) is 6.92 Å². The van der Waals surface area contributed by atoms with Crippen LogP contribution < -0.4 is 0 Å². The van der Waals surface area contributed by atoms with E-state index >= 15 is 0 Å². The van der Waals surface area contributed by atoms with Crippen molar-refractivity contribution in [2.45, 2.75) is 56.1 Å². The predicted molar refractivity (Wildman–Crippen MR) is 342 cm³/mol. The minimum Gasteiger partial charge on any atom is -0.396 e. The van der Waals surface area contributed by atoms with E-state index in [9.17, 15) is 40.9 Å². The zero-order valence-electron chi connectivity index (χ0n) is 56.9. The highest BCUT2D eigenvalue weighted by atomic mass is 16.5. The molecule has 0 radical (unpaired) electrons. The third-order valence-corrected chi connectivity index (χ3v) is 14.5. The van der Waals surface area contributed by atoms with E-state index in [1.54, 1.807) is 4.90 Å². The number of rotatable bonds is 53. The summed E-state index contributed by atoms with van der Waals surface area (Å²) in [5, 5.41) is 324. The van der Waals surface area contributed by atoms with Crippen molar-refractivity contribution in [3.8, 4) is 0 Å². The van der Waals surface area contributed by atoms with Crippen molar-refractivity contribution in [2.24, 2.45) is 37.9 Å². The summed E-state index contributed by atoms with van der Waals surface area (Å²) in [6, 6.07) is 0. The van der Waals surface area contributed by atoms with E-state index in [0.29, 0.717) is 26.1 Å². The van der Waals surface area contributed by atoms with Gasteiger partial charge in [0.05, 0.1) is 284 Å². The summed E-state index contributed by atoms with van der Waals surface area (Å²) < 4.78 is 20.6. The summed E-state index contributed by atoms with van der Waals surface area (Å²) in [5.41, 5.74) is -7.79. The normalized spacial score (nSPS) is 13.9. The lowest BCUT2D eigenvalue weighted by Crippen LogP contribution is -2.46. The van der Waals surface area contributed by atoms with Gasteiger partial charge in [0.25, 0.3) is 0 Å². The van der Waals surface area contributed by atoms with Gasteiger partial charge in [0.15, 0.2) is 0 Å². The Balaban J connectivity index is -0.000000166. The standard InChI is InChI=1S/C15H32O10.C10H22O7.C6H15NO3.C6H14O6.C6H14O5.C6H14O3.C5H12O4.C3H8O3/c16-1-13(2-17,3-18)9-24-11-15(7-22,8-23)12-25-10-14(4-19,5-20)6-21;11-1-9(2-12,3-13)7-17-8-10(4-14,5-15)6-16;8-4-1-7(2-5-9)3-6-10;7-1-3(9)5(11)6(12)4(10)2-8;7-1-5(9)3-11-4-6(10)2-8;1-2-6(3-7,4-8)5-9;6-1-5(2-7,3-8)4-9;4-1-3(6)2-5/h16-23H,1-12H2;11-16H,1-8H2;8-10H,1-6H2;3-12H,1-2H2;5-10H,1-4H2;7-9H,2-5H2,1H3;6-9H,1-4H2;3-6H,1-2H2. The second-order valence-electron chi connectivity index (χ2n) is 23.4. The Morgan fingerprint density at radius 1 is 0.232 bits per heavy atom. The Hall–Kier alpha value is -1.68. The molecule has 610 valence electrons. The van der Waals surface area contributed by atoms with Gasteiger partial charge in [-0.2, -0.15) is 0 Å². The fourth-order valence-electron chi connectivity index (χ4n) is 5.59. The van der Waals surface area contributed by atoms with Crippen molar-refractivity contribution in [1.82, 2.24) is 4.90 Å². The highest BCUT2D eigenvalue weighted by Gasteiger charge is 2.37. The molecule has 99 heavy (non-hydrogen) atoms. The molecule has 0 fully saturated rings. The maximum absolute atomic E-state index is 9.56. The average Bonchev–Trinajstić information content (AvgIpc) is 0.876. The van der Waals surface area contributed by atoms with Crippen LogP contribution in [0.3, 0.4) is 0 Å². The van der Waals surface area contributed by atoms with Gasteiger partial charge in [-0.05, 0) is 6.42 Å². The van der Waals surface area contributed by atoms with Crippen molar-refractivity contribution >= 4 is 0 Å². The lowest BCUT2D eigenvalue weighted by molar-refractivity contribution is -0.127. The second kappa shape index (κ2) is 71.9. The quantitative estimate of drug-likeness (QED) is 0.0269. The summed E-state index contributed by atoms with van der Waals surface area (Å²) in [5.74, 6) is 0. The molecule has 6 unspecified atom stereocenters. The van der Waals surface area contributed by atoms with E-state index in [-0.39, 0.29) is 119 Å². The van der Waals surface area contributed by atoms with E-state index in [2.05, 4.69) is 0 Å². The van der Waals surface area contributed by atoms with Crippen LogP contribution in [-0.2, 0) is 18.9 Å². The first-order valence-electron chi connectivity index (χ1n) is 30.9. The fraction of sp³-hybridized carbons (Fsp3) is 1.00. The summed E-state index contributed by atoms with van der Waals surface area (Å²) in [7, 11) is 0. The van der Waals surface area contributed by atoms with Crippen LogP contribution in [0.15, 0.2) is 0 Å². The molecular formula is C57H131NO41. The fourth-order valence-corrected chi connectivity index (χ4v) is 5.59. The van der Waals surface area contributed by atoms with E-state index in [4.69, 9.17) is 167 Å². The molecule has 0 spiro atoms. The molecule has 0 aliphatic rings. The average molecular weight is 1490 g/mol. The molecule has 37 N–H and O–H groups in total. The smallest absolute Gasteiger partial charge is 0.111 e. The number of hydrogen-bond acceptors (Lipinski definition) is 42. The molecule has 0 aromatic carbocycles. The number of nitrogens with zero attached hydrogens (tertiary/aromatic N) is 1. The topological polar surface area (TPSA) is 789 Å². The molecule has 0 saturated heterocycles. The van der Waals surface area contributed by atoms with Crippen LogP contribution in [0.1, 0.15) is 13.3 Å². The molecule has 0 aliphatic carbocycles. The van der Waals surface area contributed by atoms with Gasteiger partial charge in [0.2, 0.25) is 0 Å². The maximum atomic E-state index is 9.56. The lowest BCUT2D eigenvalue weighted by atomic mass is 9.88. The highest BCUT2D eigenvalue weighted by Crippen LogP contribution is 2.24. The van der Waals surface area contributed by atoms with Crippen LogP contribution in [0.4, 0.5) is 0 Å². The minimum atomic E-state index is -1.67. The van der Waals surface area contributed by atoms with Gasteiger partial charge in [-0.25, -0.2) is 0 Å². The van der Waals surface area contributed by atoms with Crippen LogP contribution in [0.2, 0.25) is 0 Å². The predicted octanol–water partition coefficient (Wildman–Crippen LogP) is -19.1. The zero-order chi connectivity index (χ0) is 78.6. The minimum absolute atomic E-state index is 0.0342. The molecule has 42 nitrogen and oxygen atoms in total. The molecule has 0 heterocycles. The monoisotopic (exact) mass is 1490 g/mol. The van der Waals surface area contributed by atoms with Crippen LogP contribution in [0.25, 0.3) is 0 Å². The van der Waals surface area contributed by atoms with Crippen molar-refractivity contribution < 1.29 is 208 Å². The van der Waals surface area contributed by atoms with Crippen molar-refractivity contribution in [3.63, 3.8) is 0 Å². The zero-order valence-corrected chi connectivity index (χ0v) is 56.9. The third kappa shape index (κ3) is 52.9. The van der Waals surface area contributed by atoms with Crippen LogP contribution in [-0.4, -0.2) is 507 Å². The first-order valence-corrected chi connectivity index (χ1v) is 30.9. The van der Waals surface area contributed by atoms with Crippen molar-refractivity contribution in [3.05, 3.63) is 0 Å². The second-order valence-corrected chi connectivity index (χ2v) is 23.4. The molecule has 0 bridgehead atoms. The molecule has 0 aliphatic heterocycles. The molecule has 0 aromatic rings. The Morgan fingerprint density at radius 2 is 0.424 bits per heavy atom. The molecule has 42 heteroatoms. The molecule has 6 atom stereocenters. The van der Waals surface area contributed by atoms with E-state index in [1.165, 1.54) is 0 Å². The lowest BCUT2D eigenvalue weighted by Gasteiger charge is -2.34. The van der Waals surface area contributed by atoms with Gasteiger partial charge in [0.1, 0.15) is 42.7 Å². The Kier molecular flexibility index (Phi) is 82.2. The first kappa shape index (κ1) is 113. The Labute approximate surface area is 576 Å². The van der Waals surface area contributed by atoms with Gasteiger partial charge < -0.3 is 208 Å². The van der Waals surface area contributed by atoms with Gasteiger partial charge in [0, 0.05) is 25.0 Å². The maximum Gasteiger partial charge on any atom is 0.111 e. The summed E-state index contributed by atoms with van der Waals surface area (Å²) in [6.07, 6.45) is -8.58. The number of aliphatic hydroxyl groups excluding tert-OH is 37. The Morgan fingerprint density at radius 3 is 0.545 bits per heavy atom. The number of hydrogen-bond donors (Lipinski definition) is 37. The van der Waals surface area contributed by atoms with Gasteiger partial charge >= 0.3 is 0 Å². The summed E-state index contributed by atoms with van der Waals surface area (Å²) in [4.78, 5) is 1.79. The molecule has 0 aromatic heterocycles. The summed E-state index contributed by atoms with van der Waals surface area (Å²) >= 11 is 0. The largest absolute Gasteiger partial charge is 0.396 e. The van der Waals surface area contributed by atoms with Crippen LogP contribution in [0.5, 0.6) is 0 Å². The van der Waals surface area contributed by atoms with Crippen LogP contribution >= 0.6 is 0 Å². The number of ether oxygens (including phenoxy) is 4. The highest BCUT2D eigenvalue weighted by molar-refractivity contribution is 4.84. The summed E-state index contributed by atoms with van der Waals surface area (Å²) in [6.45, 7) is -9.33. The Bertz CT molecular complexity index is 1410. The van der Waals surface area contributed by atoms with E-state index in [0.717, 1.165) is 0 Å². The van der Waals surface area contributed by atoms with Gasteiger partial charge in [-0.15, -0.1) is 0 Å².